The van der Waals surface area contributed by atoms with E-state index < -0.39 is 6.10 Å². The molecule has 0 saturated heterocycles. The van der Waals surface area contributed by atoms with E-state index in [1.807, 2.05) is 6.08 Å². The molecule has 1 atom stereocenters. The molecule has 1 aliphatic carbocycles. The van der Waals surface area contributed by atoms with Crippen LogP contribution in [-0.4, -0.2) is 37.3 Å². The highest BCUT2D eigenvalue weighted by Crippen LogP contribution is 2.35. The van der Waals surface area contributed by atoms with E-state index in [1.165, 1.54) is 6.08 Å². The molecule has 0 aromatic heterocycles. The molecule has 0 radical (unpaired) electrons. The summed E-state index contributed by atoms with van der Waals surface area (Å²) < 4.78 is 11.1. The number of ketones is 1. The molecule has 0 aromatic carbocycles. The maximum absolute atomic E-state index is 11.9. The molecule has 0 amide bonds. The van der Waals surface area contributed by atoms with Crippen molar-refractivity contribution in [2.45, 2.75) is 12.5 Å². The third-order valence-corrected chi connectivity index (χ3v) is 4.15. The summed E-state index contributed by atoms with van der Waals surface area (Å²) >= 11 is 1.71. The number of nitrogens with zero attached hydrogens (tertiary/aromatic N) is 1. The average molecular weight is 263 g/mol. The summed E-state index contributed by atoms with van der Waals surface area (Å²) in [6.45, 7) is 0.477. The van der Waals surface area contributed by atoms with Crippen LogP contribution in [0.1, 0.15) is 6.42 Å². The van der Waals surface area contributed by atoms with Gasteiger partial charge in [0.25, 0.3) is 0 Å². The Hall–Kier alpha value is -1.33. The van der Waals surface area contributed by atoms with Crippen molar-refractivity contribution in [3.63, 3.8) is 0 Å². The van der Waals surface area contributed by atoms with Gasteiger partial charge in [0.2, 0.25) is 5.90 Å². The lowest BCUT2D eigenvalue weighted by atomic mass is 9.99. The van der Waals surface area contributed by atoms with Crippen LogP contribution in [0.15, 0.2) is 39.4 Å². The first-order valence-corrected chi connectivity index (χ1v) is 6.79. The molecule has 3 rings (SSSR count). The van der Waals surface area contributed by atoms with Gasteiger partial charge in [-0.05, 0) is 18.1 Å². The van der Waals surface area contributed by atoms with Crippen molar-refractivity contribution in [2.24, 2.45) is 4.99 Å². The van der Waals surface area contributed by atoms with Crippen molar-refractivity contribution < 1.29 is 14.3 Å². The number of fused-ring (bicyclic) bond motifs is 1. The van der Waals surface area contributed by atoms with Crippen molar-refractivity contribution >= 4 is 23.4 Å². The quantitative estimate of drug-likeness (QED) is 0.669. The number of thioether (sulfide) groups is 1. The van der Waals surface area contributed by atoms with Crippen LogP contribution in [0.2, 0.25) is 0 Å². The summed E-state index contributed by atoms with van der Waals surface area (Å²) in [5.41, 5.74) is 1.88. The second kappa shape index (κ2) is 4.74. The third-order valence-electron chi connectivity index (χ3n) is 3.09. The lowest BCUT2D eigenvalue weighted by Crippen LogP contribution is -2.33. The highest BCUT2D eigenvalue weighted by atomic mass is 32.2. The maximum Gasteiger partial charge on any atom is 0.220 e. The van der Waals surface area contributed by atoms with Crippen LogP contribution >= 0.6 is 11.8 Å². The van der Waals surface area contributed by atoms with Gasteiger partial charge in [0.15, 0.2) is 11.9 Å². The van der Waals surface area contributed by atoms with Crippen molar-refractivity contribution in [1.29, 1.82) is 0 Å². The normalized spacial score (nSPS) is 26.9. The number of rotatable bonds is 0. The van der Waals surface area contributed by atoms with E-state index in [9.17, 15) is 4.79 Å². The maximum atomic E-state index is 11.9. The van der Waals surface area contributed by atoms with Crippen molar-refractivity contribution in [2.75, 3.05) is 19.5 Å². The minimum Gasteiger partial charge on any atom is -0.481 e. The SMILES string of the molecule is COC1=NC2=C(CCS2)COC2C(=O)C=CC=C12. The Morgan fingerprint density at radius 1 is 1.56 bits per heavy atom. The Labute approximate surface area is 109 Å². The molecule has 94 valence electrons. The van der Waals surface area contributed by atoms with Gasteiger partial charge < -0.3 is 9.47 Å². The minimum absolute atomic E-state index is 0.0491. The predicted molar refractivity (Wildman–Crippen MR) is 70.5 cm³/mol. The summed E-state index contributed by atoms with van der Waals surface area (Å²) in [7, 11) is 1.57. The molecular formula is C13H13NO3S. The highest BCUT2D eigenvalue weighted by molar-refractivity contribution is 8.03. The van der Waals surface area contributed by atoms with Crippen LogP contribution < -0.4 is 0 Å². The van der Waals surface area contributed by atoms with Crippen molar-refractivity contribution in [3.8, 4) is 0 Å². The topological polar surface area (TPSA) is 47.9 Å². The summed E-state index contributed by atoms with van der Waals surface area (Å²) in [5, 5.41) is 0.980. The van der Waals surface area contributed by atoms with Gasteiger partial charge in [-0.3, -0.25) is 4.79 Å². The van der Waals surface area contributed by atoms with Gasteiger partial charge in [0.1, 0.15) is 5.03 Å². The van der Waals surface area contributed by atoms with Crippen LogP contribution in [0.3, 0.4) is 0 Å². The molecule has 0 spiro atoms. The zero-order chi connectivity index (χ0) is 12.5. The summed E-state index contributed by atoms with van der Waals surface area (Å²) in [5.74, 6) is 1.45. The van der Waals surface area contributed by atoms with E-state index in [2.05, 4.69) is 4.99 Å². The Balaban J connectivity index is 2.05. The van der Waals surface area contributed by atoms with E-state index in [-0.39, 0.29) is 5.78 Å². The number of methoxy groups -OCH3 is 1. The zero-order valence-electron chi connectivity index (χ0n) is 10.0. The summed E-state index contributed by atoms with van der Waals surface area (Å²) in [6.07, 6.45) is 5.47. The number of ether oxygens (including phenoxy) is 2. The van der Waals surface area contributed by atoms with Gasteiger partial charge in [-0.25, -0.2) is 4.99 Å². The number of allylic oxidation sites excluding steroid dienone is 2. The van der Waals surface area contributed by atoms with Gasteiger partial charge >= 0.3 is 0 Å². The monoisotopic (exact) mass is 263 g/mol. The summed E-state index contributed by atoms with van der Waals surface area (Å²) in [6, 6.07) is 0. The molecule has 0 N–H and O–H groups in total. The molecule has 0 fully saturated rings. The van der Waals surface area contributed by atoms with E-state index >= 15 is 0 Å². The zero-order valence-corrected chi connectivity index (χ0v) is 10.8. The third kappa shape index (κ3) is 1.93. The van der Waals surface area contributed by atoms with Crippen LogP contribution in [0.4, 0.5) is 0 Å². The molecule has 0 saturated carbocycles. The minimum atomic E-state index is -0.576. The second-order valence-electron chi connectivity index (χ2n) is 4.20. The molecule has 0 bridgehead atoms. The first-order valence-electron chi connectivity index (χ1n) is 5.81. The standard InChI is InChI=1S/C13H13NO3S/c1-16-12-9-3-2-4-10(15)11(9)17-7-8-5-6-18-13(8)14-12/h2-4,11H,5-7H2,1H3. The Kier molecular flexibility index (Phi) is 3.09. The van der Waals surface area contributed by atoms with Crippen LogP contribution in [-0.2, 0) is 14.3 Å². The fourth-order valence-electron chi connectivity index (χ4n) is 2.16. The fraction of sp³-hybridized carbons (Fsp3) is 0.385. The van der Waals surface area contributed by atoms with Crippen molar-refractivity contribution in [1.82, 2.24) is 0 Å². The number of carbonyl (C=O) groups is 1. The van der Waals surface area contributed by atoms with Gasteiger partial charge in [-0.1, -0.05) is 12.2 Å². The second-order valence-corrected chi connectivity index (χ2v) is 5.29. The Bertz CT molecular complexity index is 516. The first kappa shape index (κ1) is 11.7. The number of aliphatic imine (C=N–C) groups is 1. The molecule has 18 heavy (non-hydrogen) atoms. The first-order chi connectivity index (χ1) is 8.79. The molecule has 3 aliphatic rings. The molecule has 2 aliphatic heterocycles. The molecule has 0 aromatic rings. The smallest absolute Gasteiger partial charge is 0.220 e. The molecule has 5 heteroatoms. The van der Waals surface area contributed by atoms with E-state index in [1.54, 1.807) is 24.9 Å². The van der Waals surface area contributed by atoms with Gasteiger partial charge in [0, 0.05) is 5.75 Å². The highest BCUT2D eigenvalue weighted by Gasteiger charge is 2.31. The summed E-state index contributed by atoms with van der Waals surface area (Å²) in [4.78, 5) is 16.4. The van der Waals surface area contributed by atoms with Crippen LogP contribution in [0, 0.1) is 0 Å². The number of hydrogen-bond acceptors (Lipinski definition) is 5. The fourth-order valence-corrected chi connectivity index (χ4v) is 3.21. The lowest BCUT2D eigenvalue weighted by Gasteiger charge is -2.23. The van der Waals surface area contributed by atoms with Crippen molar-refractivity contribution in [3.05, 3.63) is 34.4 Å². The largest absolute Gasteiger partial charge is 0.481 e. The van der Waals surface area contributed by atoms with E-state index in [0.717, 1.165) is 22.8 Å². The van der Waals surface area contributed by atoms with Gasteiger partial charge in [0.05, 0.1) is 19.3 Å². The van der Waals surface area contributed by atoms with E-state index in [0.29, 0.717) is 18.1 Å². The lowest BCUT2D eigenvalue weighted by molar-refractivity contribution is -0.123. The van der Waals surface area contributed by atoms with E-state index in [4.69, 9.17) is 9.47 Å². The number of carbonyl (C=O) groups excluding carboxylic acids is 1. The molecule has 4 nitrogen and oxygen atoms in total. The molecular weight excluding hydrogens is 250 g/mol. The van der Waals surface area contributed by atoms with Crippen LogP contribution in [0.5, 0.6) is 0 Å². The predicted octanol–water partition coefficient (Wildman–Crippen LogP) is 1.84. The van der Waals surface area contributed by atoms with Gasteiger partial charge in [-0.15, -0.1) is 11.8 Å². The van der Waals surface area contributed by atoms with Gasteiger partial charge in [-0.2, -0.15) is 0 Å². The van der Waals surface area contributed by atoms with Crippen LogP contribution in [0.25, 0.3) is 0 Å². The number of hydrogen-bond donors (Lipinski definition) is 0. The molecule has 2 heterocycles. The molecule has 1 unspecified atom stereocenters. The Morgan fingerprint density at radius 2 is 2.44 bits per heavy atom. The average Bonchev–Trinajstić information content (AvgIpc) is 2.78. The Morgan fingerprint density at radius 3 is 3.28 bits per heavy atom.